The molecule has 0 aliphatic heterocycles. The Hall–Kier alpha value is -1.07. The van der Waals surface area contributed by atoms with Crippen LogP contribution < -0.4 is 15.0 Å². The van der Waals surface area contributed by atoms with E-state index in [0.717, 1.165) is 24.8 Å². The van der Waals surface area contributed by atoms with E-state index in [-0.39, 0.29) is 11.1 Å². The second-order valence-corrected chi connectivity index (χ2v) is 7.34. The van der Waals surface area contributed by atoms with E-state index < -0.39 is 0 Å². The Morgan fingerprint density at radius 3 is 2.59 bits per heavy atom. The number of aryl methyl sites for hydroxylation is 1. The summed E-state index contributed by atoms with van der Waals surface area (Å²) in [7, 11) is 0. The van der Waals surface area contributed by atoms with Gasteiger partial charge in [0, 0.05) is 12.3 Å². The van der Waals surface area contributed by atoms with Crippen LogP contribution in [0.4, 0.5) is 0 Å². The third-order valence-electron chi connectivity index (χ3n) is 3.57. The van der Waals surface area contributed by atoms with Crippen LogP contribution in [0.3, 0.4) is 0 Å². The second-order valence-electron chi connectivity index (χ2n) is 5.92. The number of halogens is 3. The van der Waals surface area contributed by atoms with E-state index in [4.69, 9.17) is 49.1 Å². The second kappa shape index (κ2) is 14.9. The number of ether oxygens (including phenoxy) is 2. The summed E-state index contributed by atoms with van der Waals surface area (Å²) in [5, 5.41) is 0.515. The number of nitrogens with one attached hydrogen (secondary N) is 1. The first kappa shape index (κ1) is 24.0. The molecular weight excluding hydrogens is 409 g/mol. The largest absolute Gasteiger partial charge is 0.492 e. The van der Waals surface area contributed by atoms with Gasteiger partial charge in [-0.1, -0.05) is 60.6 Å². The number of unbranched alkanes of at least 4 members (excludes halogenated alkanes) is 3. The molecule has 0 heterocycles. The van der Waals surface area contributed by atoms with Gasteiger partial charge in [-0.3, -0.25) is 10.3 Å². The zero-order chi connectivity index (χ0) is 19.9. The van der Waals surface area contributed by atoms with Gasteiger partial charge in [0.25, 0.3) is 0 Å². The molecule has 0 saturated heterocycles. The first-order valence-corrected chi connectivity index (χ1v) is 10.3. The molecule has 1 rings (SSSR count). The van der Waals surface area contributed by atoms with Gasteiger partial charge in [-0.25, -0.2) is 0 Å². The Balaban J connectivity index is 2.24. The topological polar surface area (TPSA) is 39.7 Å². The van der Waals surface area contributed by atoms with Crippen LogP contribution in [0.1, 0.15) is 44.6 Å². The Morgan fingerprint density at radius 1 is 1.11 bits per heavy atom. The molecular formula is C20H28Cl3NO3. The Kier molecular flexibility index (Phi) is 13.2. The minimum Gasteiger partial charge on any atom is -0.492 e. The van der Waals surface area contributed by atoms with E-state index in [1.807, 2.05) is 19.2 Å². The van der Waals surface area contributed by atoms with Crippen LogP contribution in [-0.4, -0.2) is 19.8 Å². The molecule has 0 atom stereocenters. The van der Waals surface area contributed by atoms with Crippen LogP contribution in [0.2, 0.25) is 5.02 Å². The summed E-state index contributed by atoms with van der Waals surface area (Å²) in [6, 6.07) is 3.59. The highest BCUT2D eigenvalue weighted by Gasteiger charge is 2.09. The van der Waals surface area contributed by atoms with E-state index in [9.17, 15) is 0 Å². The molecule has 27 heavy (non-hydrogen) atoms. The van der Waals surface area contributed by atoms with Crippen molar-refractivity contribution in [2.45, 2.75) is 46.0 Å². The van der Waals surface area contributed by atoms with E-state index in [2.05, 4.69) is 18.5 Å². The number of hydroxylamine groups is 1. The van der Waals surface area contributed by atoms with Crippen LogP contribution in [0, 0.1) is 6.92 Å². The molecule has 152 valence electrons. The molecule has 0 fully saturated rings. The summed E-state index contributed by atoms with van der Waals surface area (Å²) in [4.78, 5) is 5.33. The number of rotatable bonds is 14. The minimum atomic E-state index is 0.171. The number of hydrogen-bond acceptors (Lipinski definition) is 4. The summed E-state index contributed by atoms with van der Waals surface area (Å²) >= 11 is 17.4. The average Bonchev–Trinajstić information content (AvgIpc) is 2.61. The van der Waals surface area contributed by atoms with Gasteiger partial charge >= 0.3 is 0 Å². The quantitative estimate of drug-likeness (QED) is 0.259. The fourth-order valence-corrected chi connectivity index (χ4v) is 2.61. The lowest BCUT2D eigenvalue weighted by molar-refractivity contribution is 0.0661. The summed E-state index contributed by atoms with van der Waals surface area (Å²) in [6.07, 6.45) is 10.7. The zero-order valence-electron chi connectivity index (χ0n) is 15.9. The predicted molar refractivity (Wildman–Crippen MR) is 114 cm³/mol. The van der Waals surface area contributed by atoms with Gasteiger partial charge in [-0.05, 0) is 43.9 Å². The fourth-order valence-electron chi connectivity index (χ4n) is 2.18. The lowest BCUT2D eigenvalue weighted by Crippen LogP contribution is -2.09. The molecule has 0 saturated carbocycles. The molecule has 0 unspecified atom stereocenters. The van der Waals surface area contributed by atoms with Crippen LogP contribution in [0.15, 0.2) is 35.0 Å². The van der Waals surface area contributed by atoms with Crippen molar-refractivity contribution in [2.24, 2.45) is 0 Å². The van der Waals surface area contributed by atoms with Gasteiger partial charge in [-0.15, -0.1) is 0 Å². The maximum absolute atomic E-state index is 6.29. The summed E-state index contributed by atoms with van der Waals surface area (Å²) in [5.74, 6) is 1.31. The van der Waals surface area contributed by atoms with Crippen molar-refractivity contribution in [3.05, 3.63) is 45.6 Å². The van der Waals surface area contributed by atoms with Crippen molar-refractivity contribution >= 4 is 34.8 Å². The van der Waals surface area contributed by atoms with E-state index in [1.54, 1.807) is 12.1 Å². The molecule has 0 aromatic heterocycles. The molecule has 1 aromatic carbocycles. The van der Waals surface area contributed by atoms with Gasteiger partial charge < -0.3 is 9.47 Å². The number of benzene rings is 1. The maximum Gasteiger partial charge on any atom is 0.141 e. The summed E-state index contributed by atoms with van der Waals surface area (Å²) in [5.41, 5.74) is 3.73. The van der Waals surface area contributed by atoms with Crippen LogP contribution in [-0.2, 0) is 4.84 Å². The van der Waals surface area contributed by atoms with Crippen molar-refractivity contribution in [3.8, 4) is 11.5 Å². The Labute approximate surface area is 177 Å². The molecule has 0 spiro atoms. The predicted octanol–water partition coefficient (Wildman–Crippen LogP) is 6.73. The van der Waals surface area contributed by atoms with Crippen LogP contribution in [0.25, 0.3) is 0 Å². The highest BCUT2D eigenvalue weighted by Crippen LogP contribution is 2.33. The molecule has 0 aliphatic rings. The van der Waals surface area contributed by atoms with E-state index >= 15 is 0 Å². The Morgan fingerprint density at radius 2 is 1.89 bits per heavy atom. The normalized spacial score (nSPS) is 10.9. The van der Waals surface area contributed by atoms with E-state index in [1.165, 1.54) is 12.8 Å². The highest BCUT2D eigenvalue weighted by molar-refractivity contribution is 6.55. The van der Waals surface area contributed by atoms with Gasteiger partial charge in [0.2, 0.25) is 0 Å². The molecule has 0 bridgehead atoms. The van der Waals surface area contributed by atoms with Crippen LogP contribution in [0.5, 0.6) is 11.5 Å². The van der Waals surface area contributed by atoms with Gasteiger partial charge in [-0.2, -0.15) is 0 Å². The van der Waals surface area contributed by atoms with E-state index in [0.29, 0.717) is 29.7 Å². The van der Waals surface area contributed by atoms with Crippen molar-refractivity contribution in [1.82, 2.24) is 5.48 Å². The smallest absolute Gasteiger partial charge is 0.141 e. The first-order chi connectivity index (χ1) is 13.0. The van der Waals surface area contributed by atoms with Gasteiger partial charge in [0.15, 0.2) is 0 Å². The Bertz CT molecular complexity index is 579. The first-order valence-electron chi connectivity index (χ1n) is 9.13. The molecule has 0 aliphatic carbocycles. The molecule has 0 radical (unpaired) electrons. The zero-order valence-corrected chi connectivity index (χ0v) is 18.2. The molecule has 1 N–H and O–H groups in total. The van der Waals surface area contributed by atoms with Gasteiger partial charge in [0.05, 0.1) is 18.2 Å². The standard InChI is InChI=1S/C20H28Cl3NO3/c1-3-4-5-6-10-24-27-12-8-7-11-26-20-16(2)14-17(15-18(20)21)25-13-9-19(22)23/h6,9-10,14-15,24H,3-5,7-8,11-13H2,1-2H3. The monoisotopic (exact) mass is 435 g/mol. The third kappa shape index (κ3) is 11.4. The summed E-state index contributed by atoms with van der Waals surface area (Å²) < 4.78 is 11.5. The summed E-state index contributed by atoms with van der Waals surface area (Å²) in [6.45, 7) is 5.57. The SMILES string of the molecule is CCCCC=CNOCCCCOc1c(C)cc(OCC=C(Cl)Cl)cc1Cl. The van der Waals surface area contributed by atoms with Crippen LogP contribution >= 0.6 is 34.8 Å². The molecule has 4 nitrogen and oxygen atoms in total. The molecule has 7 heteroatoms. The minimum absolute atomic E-state index is 0.171. The number of hydrogen-bond donors (Lipinski definition) is 1. The van der Waals surface area contributed by atoms with Crippen molar-refractivity contribution in [2.75, 3.05) is 19.8 Å². The van der Waals surface area contributed by atoms with Gasteiger partial charge in [0.1, 0.15) is 22.6 Å². The third-order valence-corrected chi connectivity index (χ3v) is 4.16. The maximum atomic E-state index is 6.29. The lowest BCUT2D eigenvalue weighted by Gasteiger charge is -2.13. The van der Waals surface area contributed by atoms with Crippen molar-refractivity contribution < 1.29 is 14.3 Å². The van der Waals surface area contributed by atoms with Crippen molar-refractivity contribution in [3.63, 3.8) is 0 Å². The lowest BCUT2D eigenvalue weighted by atomic mass is 10.2. The number of allylic oxidation sites excluding steroid dienone is 1. The molecule has 1 aromatic rings. The average molecular weight is 437 g/mol. The highest BCUT2D eigenvalue weighted by atomic mass is 35.5. The fraction of sp³-hybridized carbons (Fsp3) is 0.500. The van der Waals surface area contributed by atoms with Crippen molar-refractivity contribution in [1.29, 1.82) is 0 Å². The molecule has 0 amide bonds.